The Hall–Kier alpha value is -2.66. The summed E-state index contributed by atoms with van der Waals surface area (Å²) < 4.78 is 5.21. The van der Waals surface area contributed by atoms with Gasteiger partial charge in [-0.2, -0.15) is 0 Å². The smallest absolute Gasteiger partial charge is 0.226 e. The molecule has 0 aliphatic heterocycles. The number of hydrogen-bond acceptors (Lipinski definition) is 4. The molecule has 0 aliphatic rings. The number of fused-ring (bicyclic) bond motifs is 1. The van der Waals surface area contributed by atoms with Crippen LogP contribution in [0.1, 0.15) is 29.8 Å². The molecule has 2 aromatic carbocycles. The molecule has 1 amide bonds. The van der Waals surface area contributed by atoms with E-state index in [0.717, 1.165) is 17.4 Å². The quantitative estimate of drug-likeness (QED) is 0.731. The number of aliphatic hydroxyl groups is 1. The van der Waals surface area contributed by atoms with E-state index in [1.54, 1.807) is 0 Å². The standard InChI is InChI=1S/C19H20N2O3/c1-2-13-7-9-14(10-8-13)17(12-22)20-19(23)11-16-15-5-3-4-6-18(15)24-21-16/h3-10,17,22H,2,11-12H2,1H3,(H,20,23). The van der Waals surface area contributed by atoms with Gasteiger partial charge in [0.2, 0.25) is 5.91 Å². The van der Waals surface area contributed by atoms with Crippen molar-refractivity contribution in [1.29, 1.82) is 0 Å². The molecule has 0 saturated carbocycles. The molecule has 1 atom stereocenters. The largest absolute Gasteiger partial charge is 0.394 e. The van der Waals surface area contributed by atoms with Crippen LogP contribution in [0.4, 0.5) is 0 Å². The molecule has 1 heterocycles. The topological polar surface area (TPSA) is 75.4 Å². The predicted octanol–water partition coefficient (Wildman–Crippen LogP) is 2.78. The normalized spacial score (nSPS) is 12.2. The molecule has 0 bridgehead atoms. The monoisotopic (exact) mass is 324 g/mol. The van der Waals surface area contributed by atoms with Crippen molar-refractivity contribution in [2.75, 3.05) is 6.61 Å². The average molecular weight is 324 g/mol. The van der Waals surface area contributed by atoms with Crippen LogP contribution in [-0.2, 0) is 17.6 Å². The van der Waals surface area contributed by atoms with Gasteiger partial charge in [0.05, 0.1) is 19.1 Å². The van der Waals surface area contributed by atoms with Crippen molar-refractivity contribution in [3.05, 3.63) is 65.4 Å². The highest BCUT2D eigenvalue weighted by molar-refractivity contribution is 5.86. The first-order chi connectivity index (χ1) is 11.7. The van der Waals surface area contributed by atoms with Crippen LogP contribution in [0.3, 0.4) is 0 Å². The van der Waals surface area contributed by atoms with E-state index in [-0.39, 0.29) is 18.9 Å². The molecule has 3 rings (SSSR count). The lowest BCUT2D eigenvalue weighted by Crippen LogP contribution is -2.32. The van der Waals surface area contributed by atoms with Crippen molar-refractivity contribution in [2.24, 2.45) is 0 Å². The number of aliphatic hydroxyl groups excluding tert-OH is 1. The number of amides is 1. The number of aryl methyl sites for hydroxylation is 1. The van der Waals surface area contributed by atoms with E-state index in [4.69, 9.17) is 4.52 Å². The van der Waals surface area contributed by atoms with Gasteiger partial charge in [0, 0.05) is 5.39 Å². The molecule has 0 aliphatic carbocycles. The maximum absolute atomic E-state index is 12.3. The third-order valence-corrected chi connectivity index (χ3v) is 4.09. The van der Waals surface area contributed by atoms with Gasteiger partial charge in [0.15, 0.2) is 5.58 Å². The first-order valence-electron chi connectivity index (χ1n) is 8.03. The molecule has 0 fully saturated rings. The summed E-state index contributed by atoms with van der Waals surface area (Å²) in [5.41, 5.74) is 3.36. The third kappa shape index (κ3) is 3.46. The zero-order chi connectivity index (χ0) is 16.9. The van der Waals surface area contributed by atoms with Gasteiger partial charge in [-0.25, -0.2) is 0 Å². The molecule has 0 saturated heterocycles. The molecule has 24 heavy (non-hydrogen) atoms. The molecule has 0 radical (unpaired) electrons. The lowest BCUT2D eigenvalue weighted by molar-refractivity contribution is -0.121. The first-order valence-corrected chi connectivity index (χ1v) is 8.03. The summed E-state index contributed by atoms with van der Waals surface area (Å²) in [7, 11) is 0. The Morgan fingerprint density at radius 2 is 1.96 bits per heavy atom. The molecule has 5 heteroatoms. The Labute approximate surface area is 140 Å². The van der Waals surface area contributed by atoms with E-state index in [1.165, 1.54) is 5.56 Å². The van der Waals surface area contributed by atoms with E-state index in [0.29, 0.717) is 11.3 Å². The first kappa shape index (κ1) is 16.2. The Kier molecular flexibility index (Phi) is 4.91. The summed E-state index contributed by atoms with van der Waals surface area (Å²) >= 11 is 0. The summed E-state index contributed by atoms with van der Waals surface area (Å²) in [4.78, 5) is 12.3. The van der Waals surface area contributed by atoms with E-state index in [1.807, 2.05) is 48.5 Å². The highest BCUT2D eigenvalue weighted by atomic mass is 16.5. The number of carbonyl (C=O) groups excluding carboxylic acids is 1. The Morgan fingerprint density at radius 1 is 1.21 bits per heavy atom. The van der Waals surface area contributed by atoms with Crippen LogP contribution >= 0.6 is 0 Å². The van der Waals surface area contributed by atoms with E-state index >= 15 is 0 Å². The van der Waals surface area contributed by atoms with Crippen LogP contribution in [0.2, 0.25) is 0 Å². The van der Waals surface area contributed by atoms with E-state index in [9.17, 15) is 9.90 Å². The molecule has 1 aromatic heterocycles. The summed E-state index contributed by atoms with van der Waals surface area (Å²) in [6, 6.07) is 14.9. The lowest BCUT2D eigenvalue weighted by Gasteiger charge is -2.17. The second-order valence-electron chi connectivity index (χ2n) is 5.70. The minimum atomic E-state index is -0.429. The number of nitrogens with one attached hydrogen (secondary N) is 1. The number of para-hydroxylation sites is 1. The van der Waals surface area contributed by atoms with Crippen LogP contribution in [0.15, 0.2) is 53.1 Å². The second-order valence-corrected chi connectivity index (χ2v) is 5.70. The highest BCUT2D eigenvalue weighted by Gasteiger charge is 2.17. The molecule has 3 aromatic rings. The predicted molar refractivity (Wildman–Crippen MR) is 91.5 cm³/mol. The van der Waals surface area contributed by atoms with Crippen LogP contribution in [0.5, 0.6) is 0 Å². The van der Waals surface area contributed by atoms with Crippen molar-refractivity contribution in [3.8, 4) is 0 Å². The van der Waals surface area contributed by atoms with Gasteiger partial charge in [-0.1, -0.05) is 48.5 Å². The average Bonchev–Trinajstić information content (AvgIpc) is 3.03. The van der Waals surface area contributed by atoms with Gasteiger partial charge in [-0.15, -0.1) is 0 Å². The highest BCUT2D eigenvalue weighted by Crippen LogP contribution is 2.19. The number of hydrogen-bond donors (Lipinski definition) is 2. The number of benzene rings is 2. The Morgan fingerprint density at radius 3 is 2.67 bits per heavy atom. The number of aromatic nitrogens is 1. The van der Waals surface area contributed by atoms with Gasteiger partial charge in [0.1, 0.15) is 5.69 Å². The number of carbonyl (C=O) groups is 1. The minimum Gasteiger partial charge on any atom is -0.394 e. The van der Waals surface area contributed by atoms with Crippen molar-refractivity contribution in [1.82, 2.24) is 10.5 Å². The van der Waals surface area contributed by atoms with Crippen LogP contribution in [0.25, 0.3) is 11.0 Å². The molecule has 124 valence electrons. The zero-order valence-corrected chi connectivity index (χ0v) is 13.5. The molecular formula is C19H20N2O3. The Balaban J connectivity index is 1.70. The molecule has 1 unspecified atom stereocenters. The fraction of sp³-hybridized carbons (Fsp3) is 0.263. The summed E-state index contributed by atoms with van der Waals surface area (Å²) in [5.74, 6) is -0.201. The molecule has 2 N–H and O–H groups in total. The van der Waals surface area contributed by atoms with Crippen LogP contribution in [0, 0.1) is 0 Å². The van der Waals surface area contributed by atoms with Gasteiger partial charge >= 0.3 is 0 Å². The lowest BCUT2D eigenvalue weighted by atomic mass is 10.0. The minimum absolute atomic E-state index is 0.112. The number of rotatable bonds is 6. The van der Waals surface area contributed by atoms with Crippen molar-refractivity contribution >= 4 is 16.9 Å². The van der Waals surface area contributed by atoms with E-state index in [2.05, 4.69) is 17.4 Å². The summed E-state index contributed by atoms with van der Waals surface area (Å²) in [6.07, 6.45) is 1.07. The number of nitrogens with zero attached hydrogens (tertiary/aromatic N) is 1. The van der Waals surface area contributed by atoms with Crippen LogP contribution in [-0.4, -0.2) is 22.8 Å². The second kappa shape index (κ2) is 7.27. The van der Waals surface area contributed by atoms with Crippen LogP contribution < -0.4 is 5.32 Å². The molecule has 5 nitrogen and oxygen atoms in total. The molecular weight excluding hydrogens is 304 g/mol. The SMILES string of the molecule is CCc1ccc(C(CO)NC(=O)Cc2noc3ccccc23)cc1. The van der Waals surface area contributed by atoms with Crippen molar-refractivity contribution in [2.45, 2.75) is 25.8 Å². The molecule has 0 spiro atoms. The van der Waals surface area contributed by atoms with E-state index < -0.39 is 6.04 Å². The summed E-state index contributed by atoms with van der Waals surface area (Å²) in [5, 5.41) is 17.3. The van der Waals surface area contributed by atoms with Crippen molar-refractivity contribution < 1.29 is 14.4 Å². The zero-order valence-electron chi connectivity index (χ0n) is 13.5. The van der Waals surface area contributed by atoms with Gasteiger partial charge in [0.25, 0.3) is 0 Å². The fourth-order valence-electron chi connectivity index (χ4n) is 2.68. The summed E-state index contributed by atoms with van der Waals surface area (Å²) in [6.45, 7) is 1.93. The van der Waals surface area contributed by atoms with Gasteiger partial charge in [-0.05, 0) is 29.7 Å². The van der Waals surface area contributed by atoms with Crippen molar-refractivity contribution in [3.63, 3.8) is 0 Å². The maximum atomic E-state index is 12.3. The van der Waals surface area contributed by atoms with Gasteiger partial charge in [-0.3, -0.25) is 4.79 Å². The Bertz CT molecular complexity index is 824. The van der Waals surface area contributed by atoms with Gasteiger partial charge < -0.3 is 14.9 Å². The third-order valence-electron chi connectivity index (χ3n) is 4.09. The maximum Gasteiger partial charge on any atom is 0.226 e. The fourth-order valence-corrected chi connectivity index (χ4v) is 2.68.